The van der Waals surface area contributed by atoms with Gasteiger partial charge in [0.1, 0.15) is 73.2 Å². The minimum atomic E-state index is -1.94. The smallest absolute Gasteiger partial charge is 0.333 e. The first-order chi connectivity index (χ1) is 22.9. The molecule has 4 aliphatic heterocycles. The molecule has 0 bridgehead atoms. The summed E-state index contributed by atoms with van der Waals surface area (Å²) in [4.78, 5) is 40.1. The SMILES string of the molecule is CO[C@@H]1C(CO)O[C@H](OCCCC(=O)ON2C(=O)CCC2=O)C(O)C1O[C@H]1OC(CO)[C@@H](O)C(O[C@H]2OC(CO)[C@@H](O)C(O)C2O)C1O. The number of rotatable bonds is 14. The van der Waals surface area contributed by atoms with Gasteiger partial charge in [-0.25, -0.2) is 4.79 Å². The number of amides is 2. The maximum Gasteiger partial charge on any atom is 0.333 e. The highest BCUT2D eigenvalue weighted by Crippen LogP contribution is 2.33. The second-order valence-corrected chi connectivity index (χ2v) is 11.5. The molecule has 0 aliphatic carbocycles. The number of nitrogens with zero attached hydrogens (tertiary/aromatic N) is 1. The number of hydrogen-bond donors (Lipinski definition) is 9. The van der Waals surface area contributed by atoms with Gasteiger partial charge >= 0.3 is 5.97 Å². The molecule has 0 aromatic carbocycles. The zero-order valence-electron chi connectivity index (χ0n) is 25.8. The van der Waals surface area contributed by atoms with Crippen LogP contribution in [-0.2, 0) is 52.4 Å². The molecule has 4 saturated heterocycles. The topological polar surface area (TPSA) is 310 Å². The highest BCUT2D eigenvalue weighted by molar-refractivity contribution is 6.01. The van der Waals surface area contributed by atoms with Gasteiger partial charge in [-0.05, 0) is 6.42 Å². The summed E-state index contributed by atoms with van der Waals surface area (Å²) in [7, 11) is 1.21. The van der Waals surface area contributed by atoms with E-state index < -0.39 is 130 Å². The minimum absolute atomic E-state index is 0.0118. The molecule has 0 saturated carbocycles. The van der Waals surface area contributed by atoms with E-state index in [0.717, 1.165) is 0 Å². The summed E-state index contributed by atoms with van der Waals surface area (Å²) in [5, 5.41) is 93.3. The van der Waals surface area contributed by atoms with Gasteiger partial charge in [0.25, 0.3) is 11.8 Å². The Morgan fingerprint density at radius 1 is 0.688 bits per heavy atom. The average Bonchev–Trinajstić information content (AvgIpc) is 3.39. The highest BCUT2D eigenvalue weighted by Gasteiger charge is 2.54. The molecule has 0 radical (unpaired) electrons. The molecule has 9 N–H and O–H groups in total. The number of carbonyl (C=O) groups excluding carboxylic acids is 3. The van der Waals surface area contributed by atoms with Crippen molar-refractivity contribution in [2.75, 3.05) is 33.5 Å². The third kappa shape index (κ3) is 8.46. The van der Waals surface area contributed by atoms with E-state index in [1.165, 1.54) is 7.11 Å². The predicted octanol–water partition coefficient (Wildman–Crippen LogP) is -6.51. The second-order valence-electron chi connectivity index (χ2n) is 11.5. The molecule has 0 spiro atoms. The molecule has 21 heteroatoms. The summed E-state index contributed by atoms with van der Waals surface area (Å²) in [6.07, 6.45) is -24.9. The van der Waals surface area contributed by atoms with Crippen LogP contribution in [-0.4, -0.2) is 194 Å². The number of aliphatic hydroxyl groups is 9. The average molecular weight is 702 g/mol. The standard InChI is InChI=1S/C27H43NO20/c1-41-22-12(9-31)45-25(42-6-2-3-15(34)48-28-13(32)4-5-14(28)33)21(40)24(22)47-27-20(39)23(17(36)11(8-30)44-27)46-26-19(38)18(37)16(35)10(7-29)43-26/h10-12,16-27,29-31,35-40H,2-9H2,1H3/t10?,11?,12?,16-,17-,18?,19?,20?,21?,22-,23?,24?,25+,26-,27-/m1/s1. The lowest BCUT2D eigenvalue weighted by Crippen LogP contribution is -2.67. The number of ether oxygens (including phenoxy) is 7. The van der Waals surface area contributed by atoms with E-state index in [2.05, 4.69) is 0 Å². The number of carbonyl (C=O) groups is 3. The van der Waals surface area contributed by atoms with Crippen LogP contribution in [0.25, 0.3) is 0 Å². The van der Waals surface area contributed by atoms with Crippen LogP contribution in [0.15, 0.2) is 0 Å². The first kappa shape index (κ1) is 38.8. The molecule has 0 aromatic heterocycles. The Bertz CT molecular complexity index is 1070. The Morgan fingerprint density at radius 2 is 1.21 bits per heavy atom. The van der Waals surface area contributed by atoms with Crippen LogP contribution in [0.2, 0.25) is 0 Å². The van der Waals surface area contributed by atoms with E-state index in [1.54, 1.807) is 0 Å². The van der Waals surface area contributed by atoms with E-state index in [9.17, 15) is 60.3 Å². The summed E-state index contributed by atoms with van der Waals surface area (Å²) in [5.74, 6) is -2.17. The Hall–Kier alpha value is -2.03. The first-order valence-corrected chi connectivity index (χ1v) is 15.3. The lowest BCUT2D eigenvalue weighted by Gasteiger charge is -2.48. The predicted molar refractivity (Wildman–Crippen MR) is 146 cm³/mol. The van der Waals surface area contributed by atoms with Crippen LogP contribution < -0.4 is 0 Å². The van der Waals surface area contributed by atoms with Crippen molar-refractivity contribution in [1.29, 1.82) is 0 Å². The van der Waals surface area contributed by atoms with Crippen molar-refractivity contribution in [3.63, 3.8) is 0 Å². The van der Waals surface area contributed by atoms with E-state index in [1.807, 2.05) is 0 Å². The van der Waals surface area contributed by atoms with Crippen molar-refractivity contribution in [3.05, 3.63) is 0 Å². The quantitative estimate of drug-likeness (QED) is 0.0600. The van der Waals surface area contributed by atoms with Crippen LogP contribution in [0.5, 0.6) is 0 Å². The third-order valence-electron chi connectivity index (χ3n) is 8.33. The fourth-order valence-corrected chi connectivity index (χ4v) is 5.66. The molecule has 9 unspecified atom stereocenters. The Balaban J connectivity index is 1.41. The van der Waals surface area contributed by atoms with Gasteiger partial charge in [-0.15, -0.1) is 5.06 Å². The Labute approximate surface area is 272 Å². The zero-order chi connectivity index (χ0) is 35.3. The Kier molecular flexibility index (Phi) is 13.9. The van der Waals surface area contributed by atoms with Gasteiger partial charge in [-0.1, -0.05) is 0 Å². The molecule has 4 heterocycles. The molecule has 15 atom stereocenters. The van der Waals surface area contributed by atoms with Gasteiger partial charge in [0.05, 0.1) is 32.8 Å². The Morgan fingerprint density at radius 3 is 1.79 bits per heavy atom. The van der Waals surface area contributed by atoms with Gasteiger partial charge in [0.2, 0.25) is 0 Å². The van der Waals surface area contributed by atoms with Crippen molar-refractivity contribution in [1.82, 2.24) is 5.06 Å². The summed E-state index contributed by atoms with van der Waals surface area (Å²) in [5.41, 5.74) is 0. The normalized spacial score (nSPS) is 42.3. The lowest BCUT2D eigenvalue weighted by molar-refractivity contribution is -0.381. The number of hydroxylamine groups is 2. The molecular weight excluding hydrogens is 658 g/mol. The molecular formula is C27H43NO20. The largest absolute Gasteiger partial charge is 0.394 e. The number of aliphatic hydroxyl groups excluding tert-OH is 9. The third-order valence-corrected chi connectivity index (χ3v) is 8.33. The summed E-state index contributed by atoms with van der Waals surface area (Å²) < 4.78 is 38.8. The molecule has 48 heavy (non-hydrogen) atoms. The van der Waals surface area contributed by atoms with Crippen LogP contribution in [0, 0.1) is 0 Å². The summed E-state index contributed by atoms with van der Waals surface area (Å²) in [6.45, 7) is -2.50. The van der Waals surface area contributed by atoms with E-state index in [0.29, 0.717) is 5.06 Å². The van der Waals surface area contributed by atoms with Crippen LogP contribution in [0.3, 0.4) is 0 Å². The molecule has 0 aromatic rings. The maximum atomic E-state index is 12.1. The van der Waals surface area contributed by atoms with Crippen molar-refractivity contribution in [3.8, 4) is 0 Å². The summed E-state index contributed by atoms with van der Waals surface area (Å²) in [6, 6.07) is 0. The number of hydrogen-bond acceptors (Lipinski definition) is 20. The van der Waals surface area contributed by atoms with Crippen molar-refractivity contribution >= 4 is 17.8 Å². The van der Waals surface area contributed by atoms with E-state index in [-0.39, 0.29) is 32.3 Å². The van der Waals surface area contributed by atoms with E-state index >= 15 is 0 Å². The molecule has 276 valence electrons. The summed E-state index contributed by atoms with van der Waals surface area (Å²) >= 11 is 0. The minimum Gasteiger partial charge on any atom is -0.394 e. The van der Waals surface area contributed by atoms with Crippen molar-refractivity contribution < 1.29 is 98.3 Å². The molecule has 4 fully saturated rings. The molecule has 4 rings (SSSR count). The van der Waals surface area contributed by atoms with Crippen molar-refractivity contribution in [2.24, 2.45) is 0 Å². The van der Waals surface area contributed by atoms with Gasteiger partial charge in [0, 0.05) is 20.0 Å². The van der Waals surface area contributed by atoms with Crippen molar-refractivity contribution in [2.45, 2.75) is 118 Å². The molecule has 2 amide bonds. The zero-order valence-corrected chi connectivity index (χ0v) is 25.8. The van der Waals surface area contributed by atoms with Gasteiger partial charge in [-0.3, -0.25) is 9.59 Å². The number of imide groups is 1. The fraction of sp³-hybridized carbons (Fsp3) is 0.889. The maximum absolute atomic E-state index is 12.1. The van der Waals surface area contributed by atoms with E-state index in [4.69, 9.17) is 38.0 Å². The van der Waals surface area contributed by atoms with Crippen LogP contribution in [0.1, 0.15) is 25.7 Å². The lowest BCUT2D eigenvalue weighted by atomic mass is 9.96. The first-order valence-electron chi connectivity index (χ1n) is 15.3. The van der Waals surface area contributed by atoms with Gasteiger partial charge < -0.3 is 84.0 Å². The highest BCUT2D eigenvalue weighted by atomic mass is 16.8. The molecule has 21 nitrogen and oxygen atoms in total. The van der Waals surface area contributed by atoms with Crippen LogP contribution >= 0.6 is 0 Å². The fourth-order valence-electron chi connectivity index (χ4n) is 5.66. The monoisotopic (exact) mass is 701 g/mol. The number of methoxy groups -OCH3 is 1. The molecule has 4 aliphatic rings. The second kappa shape index (κ2) is 17.3. The van der Waals surface area contributed by atoms with Crippen LogP contribution in [0.4, 0.5) is 0 Å². The van der Waals surface area contributed by atoms with Gasteiger partial charge in [0.15, 0.2) is 18.9 Å². The van der Waals surface area contributed by atoms with Gasteiger partial charge in [-0.2, -0.15) is 0 Å².